The van der Waals surface area contributed by atoms with Gasteiger partial charge in [0.2, 0.25) is 0 Å². The van der Waals surface area contributed by atoms with Gasteiger partial charge in [-0.15, -0.1) is 0 Å². The molecule has 2 nitrogen and oxygen atoms in total. The second-order valence-corrected chi connectivity index (χ2v) is 4.16. The van der Waals surface area contributed by atoms with Gasteiger partial charge in [-0.2, -0.15) is 0 Å². The van der Waals surface area contributed by atoms with E-state index >= 15 is 0 Å². The Balaban J connectivity index is 2.13. The van der Waals surface area contributed by atoms with Gasteiger partial charge in [0.05, 0.1) is 0 Å². The van der Waals surface area contributed by atoms with Crippen LogP contribution in [-0.2, 0) is 6.42 Å². The fraction of sp³-hybridized carbons (Fsp3) is 0.214. The molecule has 1 heterocycles. The first-order valence-electron chi connectivity index (χ1n) is 5.65. The molecule has 0 atom stereocenters. The lowest BCUT2D eigenvalue weighted by molar-refractivity contribution is 0.0972. The summed E-state index contributed by atoms with van der Waals surface area (Å²) in [7, 11) is 0. The number of rotatable bonds is 1. The molecule has 3 rings (SSSR count). The smallest absolute Gasteiger partial charge is 0.164 e. The summed E-state index contributed by atoms with van der Waals surface area (Å²) in [6, 6.07) is 12.1. The maximum absolute atomic E-state index is 11.7. The number of ketones is 1. The van der Waals surface area contributed by atoms with E-state index in [4.69, 9.17) is 0 Å². The summed E-state index contributed by atoms with van der Waals surface area (Å²) >= 11 is 0. The van der Waals surface area contributed by atoms with Crippen molar-refractivity contribution in [1.82, 2.24) is 4.57 Å². The molecule has 2 aromatic rings. The van der Waals surface area contributed by atoms with Gasteiger partial charge in [0.25, 0.3) is 0 Å². The van der Waals surface area contributed by atoms with E-state index in [-0.39, 0.29) is 5.78 Å². The summed E-state index contributed by atoms with van der Waals surface area (Å²) in [5.74, 6) is 0.288. The first kappa shape index (κ1) is 9.40. The standard InChI is InChI=1S/C14H13NO/c16-14-8-4-7-13-12(14)9-10-15(13)11-5-2-1-3-6-11/h1-3,5-6,9-10H,4,7-8H2. The molecule has 2 heteroatoms. The van der Waals surface area contributed by atoms with E-state index in [1.165, 1.54) is 5.69 Å². The number of aromatic nitrogens is 1. The molecule has 80 valence electrons. The number of carbonyl (C=O) groups excluding carboxylic acids is 1. The molecular weight excluding hydrogens is 198 g/mol. The zero-order valence-electron chi connectivity index (χ0n) is 9.02. The van der Waals surface area contributed by atoms with E-state index in [2.05, 4.69) is 16.7 Å². The fourth-order valence-electron chi connectivity index (χ4n) is 2.36. The van der Waals surface area contributed by atoms with Crippen LogP contribution in [-0.4, -0.2) is 10.4 Å². The largest absolute Gasteiger partial charge is 0.320 e. The van der Waals surface area contributed by atoms with Gasteiger partial charge in [-0.1, -0.05) is 18.2 Å². The number of fused-ring (bicyclic) bond motifs is 1. The monoisotopic (exact) mass is 211 g/mol. The summed E-state index contributed by atoms with van der Waals surface area (Å²) < 4.78 is 2.13. The molecule has 1 aliphatic rings. The molecule has 0 fully saturated rings. The predicted octanol–water partition coefficient (Wildman–Crippen LogP) is 3.00. The topological polar surface area (TPSA) is 22.0 Å². The number of hydrogen-bond donors (Lipinski definition) is 0. The molecule has 0 saturated carbocycles. The molecule has 0 N–H and O–H groups in total. The Morgan fingerprint density at radius 1 is 1.00 bits per heavy atom. The third-order valence-corrected chi connectivity index (χ3v) is 3.14. The second-order valence-electron chi connectivity index (χ2n) is 4.16. The lowest BCUT2D eigenvalue weighted by Gasteiger charge is -2.14. The van der Waals surface area contributed by atoms with Crippen LogP contribution < -0.4 is 0 Å². The van der Waals surface area contributed by atoms with Gasteiger partial charge in [-0.25, -0.2) is 0 Å². The minimum atomic E-state index is 0.288. The number of carbonyl (C=O) groups is 1. The van der Waals surface area contributed by atoms with Gasteiger partial charge in [-0.05, 0) is 31.0 Å². The van der Waals surface area contributed by atoms with E-state index in [0.29, 0.717) is 6.42 Å². The maximum atomic E-state index is 11.7. The number of Topliss-reactive ketones (excluding diaryl/α,β-unsaturated/α-hetero) is 1. The quantitative estimate of drug-likeness (QED) is 0.710. The van der Waals surface area contributed by atoms with E-state index in [0.717, 1.165) is 24.1 Å². The predicted molar refractivity (Wildman–Crippen MR) is 63.0 cm³/mol. The van der Waals surface area contributed by atoms with Crippen molar-refractivity contribution in [3.8, 4) is 5.69 Å². The molecule has 0 amide bonds. The van der Waals surface area contributed by atoms with Crippen molar-refractivity contribution in [2.75, 3.05) is 0 Å². The Bertz CT molecular complexity index is 525. The maximum Gasteiger partial charge on any atom is 0.164 e. The van der Waals surface area contributed by atoms with Crippen LogP contribution in [0.5, 0.6) is 0 Å². The van der Waals surface area contributed by atoms with Crippen LogP contribution in [0.25, 0.3) is 5.69 Å². The first-order chi connectivity index (χ1) is 7.86. The van der Waals surface area contributed by atoms with Crippen molar-refractivity contribution >= 4 is 5.78 Å². The molecule has 0 unspecified atom stereocenters. The SMILES string of the molecule is O=C1CCCc2c1ccn2-c1ccccc1. The number of benzene rings is 1. The lowest BCUT2D eigenvalue weighted by Crippen LogP contribution is -2.12. The summed E-state index contributed by atoms with van der Waals surface area (Å²) in [5.41, 5.74) is 3.22. The minimum Gasteiger partial charge on any atom is -0.320 e. The average molecular weight is 211 g/mol. The van der Waals surface area contributed by atoms with Gasteiger partial charge < -0.3 is 4.57 Å². The van der Waals surface area contributed by atoms with Crippen molar-refractivity contribution in [3.63, 3.8) is 0 Å². The van der Waals surface area contributed by atoms with Gasteiger partial charge >= 0.3 is 0 Å². The van der Waals surface area contributed by atoms with E-state index in [9.17, 15) is 4.79 Å². The third-order valence-electron chi connectivity index (χ3n) is 3.14. The van der Waals surface area contributed by atoms with Crippen molar-refractivity contribution in [1.29, 1.82) is 0 Å². The molecule has 0 saturated heterocycles. The van der Waals surface area contributed by atoms with E-state index < -0.39 is 0 Å². The molecule has 1 aromatic heterocycles. The van der Waals surface area contributed by atoms with Gasteiger partial charge in [0, 0.05) is 29.6 Å². The van der Waals surface area contributed by atoms with E-state index in [1.807, 2.05) is 30.5 Å². The molecular formula is C14H13NO. The Kier molecular flexibility index (Phi) is 2.13. The Morgan fingerprint density at radius 3 is 2.62 bits per heavy atom. The summed E-state index contributed by atoms with van der Waals surface area (Å²) in [5, 5.41) is 0. The van der Waals surface area contributed by atoms with Gasteiger partial charge in [0.15, 0.2) is 5.78 Å². The van der Waals surface area contributed by atoms with Crippen LogP contribution in [0.1, 0.15) is 28.9 Å². The number of nitrogens with zero attached hydrogens (tertiary/aromatic N) is 1. The average Bonchev–Trinajstić information content (AvgIpc) is 2.75. The minimum absolute atomic E-state index is 0.288. The van der Waals surface area contributed by atoms with Crippen molar-refractivity contribution in [2.24, 2.45) is 0 Å². The molecule has 1 aliphatic carbocycles. The summed E-state index contributed by atoms with van der Waals surface area (Å²) in [4.78, 5) is 11.7. The van der Waals surface area contributed by atoms with Crippen molar-refractivity contribution in [2.45, 2.75) is 19.3 Å². The van der Waals surface area contributed by atoms with E-state index in [1.54, 1.807) is 0 Å². The van der Waals surface area contributed by atoms with Crippen LogP contribution in [0.15, 0.2) is 42.6 Å². The molecule has 1 aromatic carbocycles. The van der Waals surface area contributed by atoms with Crippen molar-refractivity contribution < 1.29 is 4.79 Å². The molecule has 0 spiro atoms. The Morgan fingerprint density at radius 2 is 1.81 bits per heavy atom. The van der Waals surface area contributed by atoms with Crippen LogP contribution in [0.3, 0.4) is 0 Å². The highest BCUT2D eigenvalue weighted by Crippen LogP contribution is 2.24. The number of para-hydroxylation sites is 1. The molecule has 0 radical (unpaired) electrons. The highest BCUT2D eigenvalue weighted by molar-refractivity contribution is 5.98. The van der Waals surface area contributed by atoms with Gasteiger partial charge in [0.1, 0.15) is 0 Å². The third kappa shape index (κ3) is 1.38. The lowest BCUT2D eigenvalue weighted by atomic mass is 9.97. The van der Waals surface area contributed by atoms with Gasteiger partial charge in [-0.3, -0.25) is 4.79 Å². The zero-order valence-corrected chi connectivity index (χ0v) is 9.02. The van der Waals surface area contributed by atoms with Crippen LogP contribution >= 0.6 is 0 Å². The highest BCUT2D eigenvalue weighted by atomic mass is 16.1. The second kappa shape index (κ2) is 3.63. The Hall–Kier alpha value is -1.83. The Labute approximate surface area is 94.5 Å². The zero-order chi connectivity index (χ0) is 11.0. The molecule has 0 bridgehead atoms. The van der Waals surface area contributed by atoms with Crippen LogP contribution in [0.4, 0.5) is 0 Å². The van der Waals surface area contributed by atoms with Crippen molar-refractivity contribution in [3.05, 3.63) is 53.9 Å². The summed E-state index contributed by atoms with van der Waals surface area (Å²) in [6.07, 6.45) is 4.68. The van der Waals surface area contributed by atoms with Crippen LogP contribution in [0, 0.1) is 0 Å². The molecule has 16 heavy (non-hydrogen) atoms. The normalized spacial score (nSPS) is 14.9. The molecule has 0 aliphatic heterocycles. The fourth-order valence-corrected chi connectivity index (χ4v) is 2.36. The highest BCUT2D eigenvalue weighted by Gasteiger charge is 2.20. The first-order valence-corrected chi connectivity index (χ1v) is 5.65. The summed E-state index contributed by atoms with van der Waals surface area (Å²) in [6.45, 7) is 0. The van der Waals surface area contributed by atoms with Crippen LogP contribution in [0.2, 0.25) is 0 Å². The number of hydrogen-bond acceptors (Lipinski definition) is 1.